The van der Waals surface area contributed by atoms with Crippen molar-refractivity contribution in [2.24, 2.45) is 0 Å². The number of sulfonamides is 1. The fourth-order valence-electron chi connectivity index (χ4n) is 2.99. The number of hydrogen-bond donors (Lipinski definition) is 1. The number of halogens is 1. The molecule has 4 rings (SSSR count). The molecule has 7 nitrogen and oxygen atoms in total. The summed E-state index contributed by atoms with van der Waals surface area (Å²) in [5.74, 6) is 0.973. The Bertz CT molecular complexity index is 1230. The van der Waals surface area contributed by atoms with E-state index in [2.05, 4.69) is 14.9 Å². The minimum Gasteiger partial charge on any atom is -0.456 e. The summed E-state index contributed by atoms with van der Waals surface area (Å²) in [5.41, 5.74) is 0.807. The molecular formula is C22H19ClN4O3S. The quantitative estimate of drug-likeness (QED) is 0.425. The minimum absolute atomic E-state index is 0.119. The van der Waals surface area contributed by atoms with Crippen molar-refractivity contribution in [2.45, 2.75) is 17.5 Å². The molecule has 1 heterocycles. The third-order valence-electron chi connectivity index (χ3n) is 4.51. The third kappa shape index (κ3) is 5.29. The SMILES string of the molecule is O=S(=O)(NC(Cn1nccn1)c1ccccc1)c1ccc(Oc2ccccc2Cl)cc1. The van der Waals surface area contributed by atoms with Crippen LogP contribution in [-0.4, -0.2) is 23.4 Å². The van der Waals surface area contributed by atoms with Gasteiger partial charge in [-0.25, -0.2) is 13.1 Å². The zero-order valence-corrected chi connectivity index (χ0v) is 17.9. The highest BCUT2D eigenvalue weighted by atomic mass is 35.5. The van der Waals surface area contributed by atoms with Crippen LogP contribution in [0.15, 0.2) is 96.2 Å². The maximum absolute atomic E-state index is 13.0. The second-order valence-electron chi connectivity index (χ2n) is 6.67. The van der Waals surface area contributed by atoms with Crippen molar-refractivity contribution in [3.05, 3.63) is 102 Å². The fraction of sp³-hybridized carbons (Fsp3) is 0.0909. The van der Waals surface area contributed by atoms with Crippen LogP contribution in [-0.2, 0) is 16.6 Å². The zero-order chi connectivity index (χ0) is 21.7. The first kappa shape index (κ1) is 21.0. The fourth-order valence-corrected chi connectivity index (χ4v) is 4.38. The topological polar surface area (TPSA) is 86.1 Å². The smallest absolute Gasteiger partial charge is 0.241 e. The van der Waals surface area contributed by atoms with Crippen LogP contribution in [0, 0.1) is 0 Å². The molecule has 3 aromatic carbocycles. The van der Waals surface area contributed by atoms with Gasteiger partial charge in [-0.3, -0.25) is 0 Å². The summed E-state index contributed by atoms with van der Waals surface area (Å²) >= 11 is 6.11. The average molecular weight is 455 g/mol. The van der Waals surface area contributed by atoms with Crippen molar-refractivity contribution in [3.8, 4) is 11.5 Å². The van der Waals surface area contributed by atoms with Crippen LogP contribution < -0.4 is 9.46 Å². The monoisotopic (exact) mass is 454 g/mol. The number of para-hydroxylation sites is 1. The number of aromatic nitrogens is 3. The summed E-state index contributed by atoms with van der Waals surface area (Å²) in [6, 6.07) is 22.0. The van der Waals surface area contributed by atoms with Gasteiger partial charge in [0.1, 0.15) is 11.5 Å². The van der Waals surface area contributed by atoms with Crippen LogP contribution in [0.25, 0.3) is 0 Å². The first-order valence-corrected chi connectivity index (χ1v) is 11.3. The van der Waals surface area contributed by atoms with Gasteiger partial charge in [0, 0.05) is 0 Å². The van der Waals surface area contributed by atoms with Gasteiger partial charge in [-0.05, 0) is 42.0 Å². The molecule has 0 saturated carbocycles. The van der Waals surface area contributed by atoms with E-state index in [1.807, 2.05) is 36.4 Å². The van der Waals surface area contributed by atoms with Gasteiger partial charge in [0.25, 0.3) is 0 Å². The van der Waals surface area contributed by atoms with E-state index in [0.29, 0.717) is 16.5 Å². The van der Waals surface area contributed by atoms with E-state index < -0.39 is 16.1 Å². The molecule has 0 amide bonds. The van der Waals surface area contributed by atoms with Crippen molar-refractivity contribution >= 4 is 21.6 Å². The number of nitrogens with zero attached hydrogens (tertiary/aromatic N) is 3. The summed E-state index contributed by atoms with van der Waals surface area (Å²) in [6.45, 7) is 0.254. The van der Waals surface area contributed by atoms with Crippen LogP contribution in [0.4, 0.5) is 0 Å². The van der Waals surface area contributed by atoms with Crippen LogP contribution in [0.1, 0.15) is 11.6 Å². The van der Waals surface area contributed by atoms with E-state index in [1.165, 1.54) is 16.9 Å². The molecule has 0 fully saturated rings. The van der Waals surface area contributed by atoms with Gasteiger partial charge in [0.2, 0.25) is 10.0 Å². The molecule has 9 heteroatoms. The van der Waals surface area contributed by atoms with E-state index in [0.717, 1.165) is 5.56 Å². The van der Waals surface area contributed by atoms with Gasteiger partial charge in [-0.15, -0.1) is 0 Å². The van der Waals surface area contributed by atoms with Crippen LogP contribution in [0.5, 0.6) is 11.5 Å². The number of nitrogens with one attached hydrogen (secondary N) is 1. The van der Waals surface area contributed by atoms with Gasteiger partial charge >= 0.3 is 0 Å². The molecule has 1 atom stereocenters. The first-order chi connectivity index (χ1) is 15.0. The number of hydrogen-bond acceptors (Lipinski definition) is 5. The molecular weight excluding hydrogens is 436 g/mol. The normalized spacial score (nSPS) is 12.4. The molecule has 31 heavy (non-hydrogen) atoms. The lowest BCUT2D eigenvalue weighted by Crippen LogP contribution is -2.32. The molecule has 0 radical (unpaired) electrons. The van der Waals surface area contributed by atoms with Crippen molar-refractivity contribution < 1.29 is 13.2 Å². The predicted octanol–water partition coefficient (Wildman–Crippen LogP) is 4.44. The first-order valence-electron chi connectivity index (χ1n) is 9.45. The predicted molar refractivity (Wildman–Crippen MR) is 117 cm³/mol. The Morgan fingerprint density at radius 2 is 1.55 bits per heavy atom. The van der Waals surface area contributed by atoms with E-state index in [9.17, 15) is 8.42 Å². The maximum Gasteiger partial charge on any atom is 0.241 e. The molecule has 0 bridgehead atoms. The lowest BCUT2D eigenvalue weighted by atomic mass is 10.1. The molecule has 1 aromatic heterocycles. The summed E-state index contributed by atoms with van der Waals surface area (Å²) in [5, 5.41) is 8.64. The van der Waals surface area contributed by atoms with Crippen LogP contribution >= 0.6 is 11.6 Å². The molecule has 0 aliphatic rings. The zero-order valence-electron chi connectivity index (χ0n) is 16.3. The second-order valence-corrected chi connectivity index (χ2v) is 8.79. The summed E-state index contributed by atoms with van der Waals surface area (Å²) in [7, 11) is -3.81. The summed E-state index contributed by atoms with van der Waals surface area (Å²) < 4.78 is 34.6. The maximum atomic E-state index is 13.0. The highest BCUT2D eigenvalue weighted by molar-refractivity contribution is 7.89. The highest BCUT2D eigenvalue weighted by Gasteiger charge is 2.22. The van der Waals surface area contributed by atoms with Crippen LogP contribution in [0.2, 0.25) is 5.02 Å². The summed E-state index contributed by atoms with van der Waals surface area (Å²) in [6.07, 6.45) is 3.10. The molecule has 158 valence electrons. The molecule has 0 spiro atoms. The Morgan fingerprint density at radius 1 is 0.903 bits per heavy atom. The lowest BCUT2D eigenvalue weighted by molar-refractivity contribution is 0.444. The van der Waals surface area contributed by atoms with E-state index in [1.54, 1.807) is 42.7 Å². The van der Waals surface area contributed by atoms with Crippen LogP contribution in [0.3, 0.4) is 0 Å². The van der Waals surface area contributed by atoms with Crippen molar-refractivity contribution in [2.75, 3.05) is 0 Å². The Kier molecular flexibility index (Phi) is 6.31. The Morgan fingerprint density at radius 3 is 2.23 bits per heavy atom. The van der Waals surface area contributed by atoms with Gasteiger partial charge < -0.3 is 4.74 Å². The largest absolute Gasteiger partial charge is 0.456 e. The van der Waals surface area contributed by atoms with Gasteiger partial charge in [0.15, 0.2) is 0 Å². The molecule has 4 aromatic rings. The number of ether oxygens (including phenoxy) is 1. The average Bonchev–Trinajstić information content (AvgIpc) is 3.29. The number of benzene rings is 3. The Hall–Kier alpha value is -3.20. The van der Waals surface area contributed by atoms with Crippen molar-refractivity contribution in [1.82, 2.24) is 19.7 Å². The van der Waals surface area contributed by atoms with Crippen molar-refractivity contribution in [1.29, 1.82) is 0 Å². The molecule has 0 saturated heterocycles. The van der Waals surface area contributed by atoms with E-state index in [-0.39, 0.29) is 11.4 Å². The molecule has 1 unspecified atom stereocenters. The Balaban J connectivity index is 1.54. The Labute approximate surface area is 185 Å². The summed E-state index contributed by atoms with van der Waals surface area (Å²) in [4.78, 5) is 1.56. The van der Waals surface area contributed by atoms with E-state index >= 15 is 0 Å². The minimum atomic E-state index is -3.81. The molecule has 1 N–H and O–H groups in total. The molecule has 0 aliphatic carbocycles. The molecule has 0 aliphatic heterocycles. The van der Waals surface area contributed by atoms with Gasteiger partial charge in [-0.1, -0.05) is 54.1 Å². The van der Waals surface area contributed by atoms with E-state index in [4.69, 9.17) is 16.3 Å². The highest BCUT2D eigenvalue weighted by Crippen LogP contribution is 2.29. The number of rotatable bonds is 8. The van der Waals surface area contributed by atoms with Gasteiger partial charge in [-0.2, -0.15) is 15.0 Å². The second kappa shape index (κ2) is 9.30. The van der Waals surface area contributed by atoms with Gasteiger partial charge in [0.05, 0.1) is 34.9 Å². The lowest BCUT2D eigenvalue weighted by Gasteiger charge is -2.19. The third-order valence-corrected chi connectivity index (χ3v) is 6.31. The standard InChI is InChI=1S/C22H19ClN4O3S/c23-20-8-4-5-9-22(20)30-18-10-12-19(13-11-18)31(28,29)26-21(16-27-24-14-15-25-27)17-6-2-1-3-7-17/h1-15,21,26H,16H2. The van der Waals surface area contributed by atoms with Crippen molar-refractivity contribution in [3.63, 3.8) is 0 Å².